The summed E-state index contributed by atoms with van der Waals surface area (Å²) in [5.41, 5.74) is 3.29. The molecule has 2 N–H and O–H groups in total. The highest BCUT2D eigenvalue weighted by Crippen LogP contribution is 2.49. The molecule has 4 rings (SSSR count). The van der Waals surface area contributed by atoms with Gasteiger partial charge in [0, 0.05) is 50.3 Å². The number of nitrogens with zero attached hydrogens (tertiary/aromatic N) is 4. The molecule has 0 bridgehead atoms. The summed E-state index contributed by atoms with van der Waals surface area (Å²) in [6, 6.07) is 1.68. The van der Waals surface area contributed by atoms with E-state index in [9.17, 15) is 13.6 Å². The lowest BCUT2D eigenvalue weighted by Crippen LogP contribution is -2.49. The Kier molecular flexibility index (Phi) is 5.99. The zero-order valence-corrected chi connectivity index (χ0v) is 18.5. The Hall–Kier alpha value is -2.36. The van der Waals surface area contributed by atoms with E-state index in [0.717, 1.165) is 22.6 Å². The van der Waals surface area contributed by atoms with E-state index in [4.69, 9.17) is 0 Å². The van der Waals surface area contributed by atoms with Crippen molar-refractivity contribution < 1.29 is 13.6 Å². The topological polar surface area (TPSA) is 75.1 Å². The van der Waals surface area contributed by atoms with Crippen LogP contribution in [0.4, 0.5) is 26.0 Å². The van der Waals surface area contributed by atoms with Crippen molar-refractivity contribution in [2.24, 2.45) is 11.8 Å². The Morgan fingerprint density at radius 2 is 2.10 bits per heavy atom. The van der Waals surface area contributed by atoms with Crippen molar-refractivity contribution in [2.45, 2.75) is 52.2 Å². The van der Waals surface area contributed by atoms with Gasteiger partial charge in [-0.2, -0.15) is 18.6 Å². The first-order valence-electron chi connectivity index (χ1n) is 9.84. The van der Waals surface area contributed by atoms with E-state index in [-0.39, 0.29) is 44.3 Å². The number of halogens is 2. The van der Waals surface area contributed by atoms with Gasteiger partial charge in [0.2, 0.25) is 5.91 Å². The van der Waals surface area contributed by atoms with Gasteiger partial charge in [0.05, 0.1) is 23.3 Å². The maximum atomic E-state index is 13.1. The minimum absolute atomic E-state index is 0. The first kappa shape index (κ1) is 22.3. The molecule has 1 saturated carbocycles. The van der Waals surface area contributed by atoms with Gasteiger partial charge in [-0.15, -0.1) is 0 Å². The molecular formula is C20H28F2N6OS. The predicted octanol–water partition coefficient (Wildman–Crippen LogP) is 3.38. The second kappa shape index (κ2) is 8.05. The van der Waals surface area contributed by atoms with Crippen LogP contribution in [0.5, 0.6) is 0 Å². The van der Waals surface area contributed by atoms with Crippen LogP contribution in [0.25, 0.3) is 0 Å². The summed E-state index contributed by atoms with van der Waals surface area (Å²) in [6.45, 7) is 6.63. The van der Waals surface area contributed by atoms with Gasteiger partial charge in [0.1, 0.15) is 11.9 Å². The highest BCUT2D eigenvalue weighted by molar-refractivity contribution is 7.59. The fourth-order valence-corrected chi connectivity index (χ4v) is 3.94. The number of hydrogen-bond donors (Lipinski definition) is 2. The maximum absolute atomic E-state index is 13.1. The molecule has 1 amide bonds. The Bertz CT molecular complexity index is 947. The number of aryl methyl sites for hydroxylation is 1. The van der Waals surface area contributed by atoms with Crippen molar-refractivity contribution in [3.8, 4) is 0 Å². The number of carbonyl (C=O) groups is 1. The predicted molar refractivity (Wildman–Crippen MR) is 118 cm³/mol. The number of rotatable bonds is 6. The molecule has 2 aromatic rings. The van der Waals surface area contributed by atoms with Crippen LogP contribution in [-0.4, -0.2) is 39.7 Å². The molecule has 0 aromatic carbocycles. The van der Waals surface area contributed by atoms with E-state index in [1.807, 2.05) is 38.8 Å². The summed E-state index contributed by atoms with van der Waals surface area (Å²) in [4.78, 5) is 19.0. The van der Waals surface area contributed by atoms with Crippen LogP contribution in [0.2, 0.25) is 0 Å². The van der Waals surface area contributed by atoms with Crippen molar-refractivity contribution in [1.29, 1.82) is 0 Å². The molecule has 1 aliphatic carbocycles. The van der Waals surface area contributed by atoms with Gasteiger partial charge in [-0.1, -0.05) is 13.8 Å². The number of aromatic nitrogens is 3. The molecule has 0 saturated heterocycles. The summed E-state index contributed by atoms with van der Waals surface area (Å²) < 4.78 is 27.7. The monoisotopic (exact) mass is 438 g/mol. The number of nitrogens with one attached hydrogen (secondary N) is 2. The highest BCUT2D eigenvalue weighted by Gasteiger charge is 2.56. The van der Waals surface area contributed by atoms with Crippen molar-refractivity contribution >= 4 is 36.6 Å². The van der Waals surface area contributed by atoms with Gasteiger partial charge in [-0.3, -0.25) is 9.48 Å². The molecule has 0 radical (unpaired) electrons. The molecule has 3 heterocycles. The molecule has 1 aliphatic heterocycles. The lowest BCUT2D eigenvalue weighted by atomic mass is 9.98. The number of anilines is 3. The number of pyridine rings is 1. The molecule has 164 valence electrons. The van der Waals surface area contributed by atoms with Gasteiger partial charge in [-0.05, 0) is 12.8 Å². The van der Waals surface area contributed by atoms with Crippen molar-refractivity contribution in [3.05, 3.63) is 29.7 Å². The number of fused-ring (bicyclic) bond motifs is 1. The standard InChI is InChI=1S/C20H26F2N6O.H2S/c1-11(2)18-19(29)26-17-12(3)25-16(5-15(17)27(18)4)23-7-13-8-24-28(9-13)10-14-6-20(14,21)22;/h5,8-9,11,14,18H,6-7,10H2,1-4H3,(H,23,25)(H,26,29);1H2/t14?,18-;/m0./s1. The Morgan fingerprint density at radius 3 is 2.73 bits per heavy atom. The largest absolute Gasteiger partial charge is 0.366 e. The molecule has 10 heteroatoms. The SMILES string of the molecule is Cc1nc(NCc2cnn(CC3CC3(F)F)c2)cc2c1NC(=O)[C@H](C(C)C)N2C.S. The first-order chi connectivity index (χ1) is 13.7. The van der Waals surface area contributed by atoms with Crippen LogP contribution >= 0.6 is 13.5 Å². The summed E-state index contributed by atoms with van der Waals surface area (Å²) in [7, 11) is 1.92. The Balaban J connectivity index is 0.00000256. The van der Waals surface area contributed by atoms with E-state index in [1.165, 1.54) is 0 Å². The number of carbonyl (C=O) groups excluding carboxylic acids is 1. The highest BCUT2D eigenvalue weighted by atomic mass is 32.1. The minimum Gasteiger partial charge on any atom is -0.366 e. The Morgan fingerprint density at radius 1 is 1.40 bits per heavy atom. The smallest absolute Gasteiger partial charge is 0.253 e. The average molecular weight is 439 g/mol. The molecule has 2 aliphatic rings. The van der Waals surface area contributed by atoms with E-state index in [0.29, 0.717) is 12.4 Å². The second-order valence-electron chi connectivity index (χ2n) is 8.36. The van der Waals surface area contributed by atoms with Crippen molar-refractivity contribution in [2.75, 3.05) is 22.6 Å². The molecule has 2 aromatic heterocycles. The zero-order valence-electron chi connectivity index (χ0n) is 17.5. The van der Waals surface area contributed by atoms with Crippen LogP contribution in [-0.2, 0) is 17.9 Å². The normalized spacial score (nSPS) is 21.7. The van der Waals surface area contributed by atoms with Crippen LogP contribution in [0.15, 0.2) is 18.5 Å². The molecule has 1 unspecified atom stereocenters. The molecule has 1 fully saturated rings. The Labute approximate surface area is 181 Å². The molecular weight excluding hydrogens is 410 g/mol. The van der Waals surface area contributed by atoms with Gasteiger partial charge < -0.3 is 15.5 Å². The van der Waals surface area contributed by atoms with Gasteiger partial charge in [0.15, 0.2) is 0 Å². The molecule has 2 atom stereocenters. The quantitative estimate of drug-likeness (QED) is 0.723. The summed E-state index contributed by atoms with van der Waals surface area (Å²) in [5, 5.41) is 10.4. The van der Waals surface area contributed by atoms with Crippen LogP contribution < -0.4 is 15.5 Å². The van der Waals surface area contributed by atoms with Crippen LogP contribution in [0.1, 0.15) is 31.5 Å². The lowest BCUT2D eigenvalue weighted by Gasteiger charge is -2.38. The summed E-state index contributed by atoms with van der Waals surface area (Å²) >= 11 is 0. The molecule has 7 nitrogen and oxygen atoms in total. The second-order valence-corrected chi connectivity index (χ2v) is 8.36. The molecule has 0 spiro atoms. The molecule has 30 heavy (non-hydrogen) atoms. The summed E-state index contributed by atoms with van der Waals surface area (Å²) in [6.07, 6.45) is 3.41. The number of amides is 1. The van der Waals surface area contributed by atoms with Gasteiger partial charge in [0.25, 0.3) is 5.92 Å². The third-order valence-electron chi connectivity index (χ3n) is 5.65. The summed E-state index contributed by atoms with van der Waals surface area (Å²) in [5.74, 6) is -2.30. The van der Waals surface area contributed by atoms with Crippen molar-refractivity contribution in [3.63, 3.8) is 0 Å². The minimum atomic E-state index is -2.54. The lowest BCUT2D eigenvalue weighted by molar-refractivity contribution is -0.118. The van der Waals surface area contributed by atoms with E-state index >= 15 is 0 Å². The van der Waals surface area contributed by atoms with E-state index in [2.05, 4.69) is 20.7 Å². The van der Waals surface area contributed by atoms with E-state index in [1.54, 1.807) is 17.1 Å². The zero-order chi connectivity index (χ0) is 20.9. The van der Waals surface area contributed by atoms with Gasteiger partial charge in [-0.25, -0.2) is 13.8 Å². The van der Waals surface area contributed by atoms with Crippen LogP contribution in [0, 0.1) is 18.8 Å². The third-order valence-corrected chi connectivity index (χ3v) is 5.65. The number of likely N-dealkylation sites (N-methyl/N-ethyl adjacent to an activating group) is 1. The fraction of sp³-hybridized carbons (Fsp3) is 0.550. The first-order valence-corrected chi connectivity index (χ1v) is 9.84. The van der Waals surface area contributed by atoms with Crippen LogP contribution in [0.3, 0.4) is 0 Å². The third kappa shape index (κ3) is 4.23. The van der Waals surface area contributed by atoms with Gasteiger partial charge >= 0.3 is 0 Å². The number of alkyl halides is 2. The average Bonchev–Trinajstić information content (AvgIpc) is 3.00. The number of hydrogen-bond acceptors (Lipinski definition) is 5. The van der Waals surface area contributed by atoms with E-state index < -0.39 is 11.8 Å². The fourth-order valence-electron chi connectivity index (χ4n) is 3.94. The maximum Gasteiger partial charge on any atom is 0.253 e. The van der Waals surface area contributed by atoms with Crippen molar-refractivity contribution in [1.82, 2.24) is 14.8 Å².